The molecule has 1 aromatic rings. The summed E-state index contributed by atoms with van der Waals surface area (Å²) in [5.41, 5.74) is 2.96. The molecule has 1 atom stereocenters. The van der Waals surface area contributed by atoms with Crippen LogP contribution in [0.1, 0.15) is 49.8 Å². The van der Waals surface area contributed by atoms with E-state index in [4.69, 9.17) is 0 Å². The van der Waals surface area contributed by atoms with E-state index in [0.29, 0.717) is 6.04 Å². The van der Waals surface area contributed by atoms with Crippen LogP contribution in [0.4, 0.5) is 0 Å². The van der Waals surface area contributed by atoms with E-state index in [2.05, 4.69) is 48.3 Å². The molecule has 0 radical (unpaired) electrons. The summed E-state index contributed by atoms with van der Waals surface area (Å²) in [7, 11) is 0. The Bertz CT molecular complexity index is 433. The molecular formula is C18H28N2. The van der Waals surface area contributed by atoms with Crippen LogP contribution in [-0.2, 0) is 0 Å². The first-order valence-corrected chi connectivity index (χ1v) is 8.27. The van der Waals surface area contributed by atoms with E-state index < -0.39 is 0 Å². The van der Waals surface area contributed by atoms with E-state index in [1.165, 1.54) is 56.4 Å². The lowest BCUT2D eigenvalue weighted by atomic mass is 9.95. The highest BCUT2D eigenvalue weighted by atomic mass is 15.2. The molecule has 2 aliphatic rings. The molecule has 110 valence electrons. The second kappa shape index (κ2) is 6.28. The maximum absolute atomic E-state index is 3.48. The van der Waals surface area contributed by atoms with E-state index in [0.717, 1.165) is 12.0 Å². The highest BCUT2D eigenvalue weighted by molar-refractivity contribution is 5.28. The maximum atomic E-state index is 3.48. The van der Waals surface area contributed by atoms with Gasteiger partial charge < -0.3 is 5.32 Å². The second-order valence-corrected chi connectivity index (χ2v) is 6.65. The molecule has 0 amide bonds. The number of nitrogens with zero attached hydrogens (tertiary/aromatic N) is 1. The predicted octanol–water partition coefficient (Wildman–Crippen LogP) is 3.52. The van der Waals surface area contributed by atoms with E-state index in [9.17, 15) is 0 Å². The van der Waals surface area contributed by atoms with Crippen molar-refractivity contribution in [3.63, 3.8) is 0 Å². The van der Waals surface area contributed by atoms with Crippen LogP contribution in [-0.4, -0.2) is 30.6 Å². The van der Waals surface area contributed by atoms with Crippen molar-refractivity contribution in [3.8, 4) is 0 Å². The van der Waals surface area contributed by atoms with E-state index >= 15 is 0 Å². The minimum atomic E-state index is 0.568. The molecule has 2 fully saturated rings. The monoisotopic (exact) mass is 272 g/mol. The van der Waals surface area contributed by atoms with Crippen molar-refractivity contribution in [2.24, 2.45) is 5.92 Å². The van der Waals surface area contributed by atoms with Crippen molar-refractivity contribution < 1.29 is 0 Å². The summed E-state index contributed by atoms with van der Waals surface area (Å²) in [6.07, 6.45) is 5.51. The summed E-state index contributed by atoms with van der Waals surface area (Å²) in [5.74, 6) is 0.892. The molecule has 1 N–H and O–H groups in total. The zero-order valence-corrected chi connectivity index (χ0v) is 12.9. The molecule has 2 heteroatoms. The highest BCUT2D eigenvalue weighted by Gasteiger charge is 2.34. The minimum Gasteiger partial charge on any atom is -0.317 e. The number of piperidine rings is 1. The summed E-state index contributed by atoms with van der Waals surface area (Å²) in [6.45, 7) is 8.37. The van der Waals surface area contributed by atoms with Crippen LogP contribution in [0, 0.1) is 12.8 Å². The fourth-order valence-corrected chi connectivity index (χ4v) is 3.63. The van der Waals surface area contributed by atoms with Gasteiger partial charge in [-0.05, 0) is 69.7 Å². The molecule has 1 unspecified atom stereocenters. The Kier molecular flexibility index (Phi) is 4.42. The normalized spacial score (nSPS) is 22.1. The number of hydrogen-bond acceptors (Lipinski definition) is 2. The quantitative estimate of drug-likeness (QED) is 0.882. The molecule has 3 rings (SSSR count). The maximum Gasteiger partial charge on any atom is 0.0325 e. The fourth-order valence-electron chi connectivity index (χ4n) is 3.63. The number of benzene rings is 1. The second-order valence-electron chi connectivity index (χ2n) is 6.65. The largest absolute Gasteiger partial charge is 0.317 e. The van der Waals surface area contributed by atoms with Crippen molar-refractivity contribution in [2.45, 2.75) is 51.6 Å². The van der Waals surface area contributed by atoms with Gasteiger partial charge in [-0.25, -0.2) is 0 Å². The molecule has 0 spiro atoms. The van der Waals surface area contributed by atoms with Crippen molar-refractivity contribution in [1.29, 1.82) is 0 Å². The van der Waals surface area contributed by atoms with E-state index in [-0.39, 0.29) is 0 Å². The van der Waals surface area contributed by atoms with Gasteiger partial charge >= 0.3 is 0 Å². The van der Waals surface area contributed by atoms with Crippen LogP contribution in [0.15, 0.2) is 24.3 Å². The Morgan fingerprint density at radius 3 is 2.50 bits per heavy atom. The zero-order valence-electron chi connectivity index (χ0n) is 12.9. The third kappa shape index (κ3) is 3.24. The Hall–Kier alpha value is -0.860. The van der Waals surface area contributed by atoms with Crippen molar-refractivity contribution in [1.82, 2.24) is 10.2 Å². The van der Waals surface area contributed by atoms with Crippen LogP contribution in [0.25, 0.3) is 0 Å². The lowest BCUT2D eigenvalue weighted by molar-refractivity contribution is 0.151. The summed E-state index contributed by atoms with van der Waals surface area (Å²) in [4.78, 5) is 2.79. The summed E-state index contributed by atoms with van der Waals surface area (Å²) in [6, 6.07) is 10.3. The van der Waals surface area contributed by atoms with Gasteiger partial charge in [-0.2, -0.15) is 0 Å². The lowest BCUT2D eigenvalue weighted by Crippen LogP contribution is -2.38. The molecular weight excluding hydrogens is 244 g/mol. The van der Waals surface area contributed by atoms with Crippen LogP contribution < -0.4 is 5.32 Å². The molecule has 1 aromatic carbocycles. The number of aryl methyl sites for hydroxylation is 1. The van der Waals surface area contributed by atoms with Crippen molar-refractivity contribution >= 4 is 0 Å². The molecule has 20 heavy (non-hydrogen) atoms. The average Bonchev–Trinajstić information content (AvgIpc) is 3.30. The van der Waals surface area contributed by atoms with Gasteiger partial charge in [0.15, 0.2) is 0 Å². The molecule has 0 bridgehead atoms. The van der Waals surface area contributed by atoms with Crippen LogP contribution in [0.3, 0.4) is 0 Å². The molecule has 1 saturated carbocycles. The van der Waals surface area contributed by atoms with Crippen molar-refractivity contribution in [3.05, 3.63) is 35.4 Å². The standard InChI is InChI=1S/C18H28N2/c1-14-5-3-4-6-18(14)15(2)20(17-7-8-17)13-16-9-11-19-12-10-16/h3-6,15-17,19H,7-13H2,1-2H3. The molecule has 1 aliphatic heterocycles. The lowest BCUT2D eigenvalue weighted by Gasteiger charge is -2.35. The van der Waals surface area contributed by atoms with Gasteiger partial charge in [-0.1, -0.05) is 24.3 Å². The van der Waals surface area contributed by atoms with Crippen LogP contribution >= 0.6 is 0 Å². The third-order valence-corrected chi connectivity index (χ3v) is 5.08. The molecule has 1 saturated heterocycles. The van der Waals surface area contributed by atoms with E-state index in [1.807, 2.05) is 0 Å². The van der Waals surface area contributed by atoms with Gasteiger partial charge in [0.2, 0.25) is 0 Å². The third-order valence-electron chi connectivity index (χ3n) is 5.08. The molecule has 1 aliphatic carbocycles. The predicted molar refractivity (Wildman–Crippen MR) is 84.9 cm³/mol. The van der Waals surface area contributed by atoms with Crippen molar-refractivity contribution in [2.75, 3.05) is 19.6 Å². The Labute approximate surface area is 123 Å². The number of hydrogen-bond donors (Lipinski definition) is 1. The van der Waals surface area contributed by atoms with Gasteiger partial charge in [-0.15, -0.1) is 0 Å². The Balaban J connectivity index is 1.71. The van der Waals surface area contributed by atoms with Crippen LogP contribution in [0.5, 0.6) is 0 Å². The van der Waals surface area contributed by atoms with E-state index in [1.54, 1.807) is 0 Å². The Morgan fingerprint density at radius 2 is 1.85 bits per heavy atom. The Morgan fingerprint density at radius 1 is 1.15 bits per heavy atom. The van der Waals surface area contributed by atoms with Gasteiger partial charge in [0.25, 0.3) is 0 Å². The van der Waals surface area contributed by atoms with Gasteiger partial charge in [-0.3, -0.25) is 4.90 Å². The summed E-state index contributed by atoms with van der Waals surface area (Å²) in [5, 5.41) is 3.48. The fraction of sp³-hybridized carbons (Fsp3) is 0.667. The number of nitrogens with one attached hydrogen (secondary N) is 1. The zero-order chi connectivity index (χ0) is 13.9. The first-order chi connectivity index (χ1) is 9.75. The SMILES string of the molecule is Cc1ccccc1C(C)N(CC1CCNCC1)C1CC1. The first kappa shape index (κ1) is 14.1. The van der Waals surface area contributed by atoms with Gasteiger partial charge in [0, 0.05) is 18.6 Å². The van der Waals surface area contributed by atoms with Gasteiger partial charge in [0.1, 0.15) is 0 Å². The highest BCUT2D eigenvalue weighted by Crippen LogP contribution is 2.36. The van der Waals surface area contributed by atoms with Crippen LogP contribution in [0.2, 0.25) is 0 Å². The van der Waals surface area contributed by atoms with Gasteiger partial charge in [0.05, 0.1) is 0 Å². The first-order valence-electron chi connectivity index (χ1n) is 8.27. The minimum absolute atomic E-state index is 0.568. The molecule has 0 aromatic heterocycles. The summed E-state index contributed by atoms with van der Waals surface area (Å²) >= 11 is 0. The topological polar surface area (TPSA) is 15.3 Å². The number of rotatable bonds is 5. The summed E-state index contributed by atoms with van der Waals surface area (Å²) < 4.78 is 0. The smallest absolute Gasteiger partial charge is 0.0325 e. The molecule has 1 heterocycles. The average molecular weight is 272 g/mol. The molecule has 2 nitrogen and oxygen atoms in total.